The molecule has 0 spiro atoms. The van der Waals surface area contributed by atoms with Crippen LogP contribution in [0.5, 0.6) is 11.5 Å². The van der Waals surface area contributed by atoms with Crippen LogP contribution in [0.25, 0.3) is 12.2 Å². The van der Waals surface area contributed by atoms with E-state index in [1.165, 1.54) is 0 Å². The van der Waals surface area contributed by atoms with Gasteiger partial charge in [-0.25, -0.2) is 0 Å². The number of hydrogen-bond donors (Lipinski definition) is 2. The molecule has 0 saturated carbocycles. The Morgan fingerprint density at radius 3 is 1.36 bits per heavy atom. The third kappa shape index (κ3) is 6.42. The highest BCUT2D eigenvalue weighted by molar-refractivity contribution is 5.85. The minimum atomic E-state index is 0. The van der Waals surface area contributed by atoms with Crippen LogP contribution in [0.1, 0.15) is 22.3 Å². The number of phenols is 2. The molecular weight excluding hydrogens is 336 g/mol. The van der Waals surface area contributed by atoms with Gasteiger partial charge < -0.3 is 20.0 Å². The van der Waals surface area contributed by atoms with E-state index in [9.17, 15) is 10.2 Å². The molecule has 2 aromatic carbocycles. The number of benzene rings is 2. The molecule has 0 aliphatic rings. The molecule has 0 bridgehead atoms. The van der Waals surface area contributed by atoms with E-state index in [0.29, 0.717) is 24.6 Å². The van der Waals surface area contributed by atoms with Crippen LogP contribution >= 0.6 is 12.4 Å². The summed E-state index contributed by atoms with van der Waals surface area (Å²) in [4.78, 5) is 4.03. The summed E-state index contributed by atoms with van der Waals surface area (Å²) in [6, 6.07) is 11.4. The van der Waals surface area contributed by atoms with Crippen molar-refractivity contribution in [1.82, 2.24) is 9.80 Å². The fraction of sp³-hybridized carbons (Fsp3) is 0.300. The lowest BCUT2D eigenvalue weighted by molar-refractivity contribution is 0.386. The van der Waals surface area contributed by atoms with Gasteiger partial charge in [-0.05, 0) is 51.5 Å². The Hall–Kier alpha value is -2.01. The highest BCUT2D eigenvalue weighted by atomic mass is 35.5. The van der Waals surface area contributed by atoms with E-state index in [1.54, 1.807) is 12.1 Å². The van der Waals surface area contributed by atoms with Crippen LogP contribution in [0.3, 0.4) is 0 Å². The number of aromatic hydroxyl groups is 2. The van der Waals surface area contributed by atoms with Crippen molar-refractivity contribution in [2.45, 2.75) is 13.1 Å². The van der Waals surface area contributed by atoms with Gasteiger partial charge in [-0.3, -0.25) is 0 Å². The van der Waals surface area contributed by atoms with Crippen molar-refractivity contribution in [1.29, 1.82) is 0 Å². The summed E-state index contributed by atoms with van der Waals surface area (Å²) in [5.74, 6) is 0.602. The Morgan fingerprint density at radius 2 is 1.08 bits per heavy atom. The molecule has 2 aromatic rings. The maximum absolute atomic E-state index is 10.1. The predicted octanol–water partition coefficient (Wildman–Crippen LogP) is 3.81. The molecule has 0 aromatic heterocycles. The lowest BCUT2D eigenvalue weighted by atomic mass is 10.1. The van der Waals surface area contributed by atoms with Crippen molar-refractivity contribution < 1.29 is 10.2 Å². The normalized spacial score (nSPS) is 11.3. The summed E-state index contributed by atoms with van der Waals surface area (Å²) in [7, 11) is 7.89. The van der Waals surface area contributed by atoms with Gasteiger partial charge in [0.1, 0.15) is 11.5 Å². The molecule has 2 N–H and O–H groups in total. The highest BCUT2D eigenvalue weighted by Gasteiger charge is 2.04. The van der Waals surface area contributed by atoms with Crippen molar-refractivity contribution >= 4 is 24.6 Å². The largest absolute Gasteiger partial charge is 0.508 e. The molecule has 0 saturated heterocycles. The summed E-state index contributed by atoms with van der Waals surface area (Å²) < 4.78 is 0. The Balaban J connectivity index is 0.00000312. The SMILES string of the molecule is CN(C)Cc1ccc(/C=C\c2ccc(CN(C)C)c(O)c2)cc1O.Cl. The van der Waals surface area contributed by atoms with Gasteiger partial charge >= 0.3 is 0 Å². The molecule has 5 heteroatoms. The molecule has 0 aliphatic carbocycles. The average Bonchev–Trinajstić information content (AvgIpc) is 2.49. The molecule has 25 heavy (non-hydrogen) atoms. The number of phenolic OH excluding ortho intramolecular Hbond substituents is 2. The minimum Gasteiger partial charge on any atom is -0.508 e. The van der Waals surface area contributed by atoms with Gasteiger partial charge in [0, 0.05) is 24.2 Å². The smallest absolute Gasteiger partial charge is 0.120 e. The first-order chi connectivity index (χ1) is 11.3. The molecule has 0 atom stereocenters. The highest BCUT2D eigenvalue weighted by Crippen LogP contribution is 2.23. The van der Waals surface area contributed by atoms with Gasteiger partial charge in [0.15, 0.2) is 0 Å². The Labute approximate surface area is 156 Å². The summed E-state index contributed by atoms with van der Waals surface area (Å²) >= 11 is 0. The lowest BCUT2D eigenvalue weighted by Gasteiger charge is -2.12. The van der Waals surface area contributed by atoms with Crippen molar-refractivity contribution in [3.8, 4) is 11.5 Å². The van der Waals surface area contributed by atoms with E-state index in [1.807, 2.05) is 74.4 Å². The molecule has 136 valence electrons. The molecule has 0 aliphatic heterocycles. The van der Waals surface area contributed by atoms with Gasteiger partial charge in [0.25, 0.3) is 0 Å². The van der Waals surface area contributed by atoms with Gasteiger partial charge in [-0.2, -0.15) is 0 Å². The molecule has 2 rings (SSSR count). The molecule has 4 nitrogen and oxygen atoms in total. The van der Waals surface area contributed by atoms with E-state index in [2.05, 4.69) is 0 Å². The molecule has 0 heterocycles. The van der Waals surface area contributed by atoms with Crippen LogP contribution < -0.4 is 0 Å². The van der Waals surface area contributed by atoms with Crippen LogP contribution in [-0.2, 0) is 13.1 Å². The fourth-order valence-electron chi connectivity index (χ4n) is 2.51. The maximum Gasteiger partial charge on any atom is 0.120 e. The Morgan fingerprint density at radius 1 is 0.720 bits per heavy atom. The second kappa shape index (κ2) is 9.47. The van der Waals surface area contributed by atoms with Crippen LogP contribution in [0.15, 0.2) is 36.4 Å². The van der Waals surface area contributed by atoms with Gasteiger partial charge in [0.2, 0.25) is 0 Å². The van der Waals surface area contributed by atoms with Gasteiger partial charge in [-0.15, -0.1) is 12.4 Å². The zero-order valence-corrected chi connectivity index (χ0v) is 16.0. The van der Waals surface area contributed by atoms with Crippen LogP contribution in [-0.4, -0.2) is 48.2 Å². The minimum absolute atomic E-state index is 0. The topological polar surface area (TPSA) is 46.9 Å². The second-order valence-electron chi connectivity index (χ2n) is 6.59. The molecule has 0 fully saturated rings. The first kappa shape index (κ1) is 21.0. The number of nitrogens with zero attached hydrogens (tertiary/aromatic N) is 2. The molecule has 0 unspecified atom stereocenters. The van der Waals surface area contributed by atoms with Gasteiger partial charge in [-0.1, -0.05) is 36.4 Å². The third-order valence-electron chi connectivity index (χ3n) is 3.66. The van der Waals surface area contributed by atoms with E-state index in [0.717, 1.165) is 22.3 Å². The van der Waals surface area contributed by atoms with Crippen LogP contribution in [0.4, 0.5) is 0 Å². The second-order valence-corrected chi connectivity index (χ2v) is 6.59. The first-order valence-electron chi connectivity index (χ1n) is 7.96. The number of halogens is 1. The standard InChI is InChI=1S/C20H26N2O2.ClH/c1-21(2)13-17-9-7-15(11-19(17)23)5-6-16-8-10-18(14-22(3)4)20(24)12-16;/h5-12,23-24H,13-14H2,1-4H3;1H/b6-5-;. The van der Waals surface area contributed by atoms with Gasteiger partial charge in [0.05, 0.1) is 0 Å². The zero-order chi connectivity index (χ0) is 17.7. The third-order valence-corrected chi connectivity index (χ3v) is 3.66. The summed E-state index contributed by atoms with van der Waals surface area (Å²) in [5.41, 5.74) is 3.66. The van der Waals surface area contributed by atoms with E-state index in [-0.39, 0.29) is 12.4 Å². The van der Waals surface area contributed by atoms with Crippen molar-refractivity contribution in [3.63, 3.8) is 0 Å². The molecule has 0 amide bonds. The van der Waals surface area contributed by atoms with Crippen molar-refractivity contribution in [2.75, 3.05) is 28.2 Å². The molecule has 0 radical (unpaired) electrons. The number of rotatable bonds is 6. The lowest BCUT2D eigenvalue weighted by Crippen LogP contribution is -2.10. The van der Waals surface area contributed by atoms with Crippen molar-refractivity contribution in [2.24, 2.45) is 0 Å². The first-order valence-corrected chi connectivity index (χ1v) is 7.96. The van der Waals surface area contributed by atoms with E-state index < -0.39 is 0 Å². The quantitative estimate of drug-likeness (QED) is 0.767. The van der Waals surface area contributed by atoms with Crippen molar-refractivity contribution in [3.05, 3.63) is 58.7 Å². The average molecular weight is 363 g/mol. The monoisotopic (exact) mass is 362 g/mol. The Kier molecular flexibility index (Phi) is 7.97. The number of hydrogen-bond acceptors (Lipinski definition) is 4. The summed E-state index contributed by atoms with van der Waals surface area (Å²) in [5, 5.41) is 20.2. The summed E-state index contributed by atoms with van der Waals surface area (Å²) in [6.45, 7) is 1.41. The fourth-order valence-corrected chi connectivity index (χ4v) is 2.51. The molecular formula is C20H27ClN2O2. The van der Waals surface area contributed by atoms with Crippen LogP contribution in [0.2, 0.25) is 0 Å². The zero-order valence-electron chi connectivity index (χ0n) is 15.2. The predicted molar refractivity (Wildman–Crippen MR) is 107 cm³/mol. The van der Waals surface area contributed by atoms with Crippen LogP contribution in [0, 0.1) is 0 Å². The van der Waals surface area contributed by atoms with E-state index in [4.69, 9.17) is 0 Å². The summed E-state index contributed by atoms with van der Waals surface area (Å²) in [6.07, 6.45) is 3.86. The maximum atomic E-state index is 10.1. The Bertz CT molecular complexity index is 666. The van der Waals surface area contributed by atoms with E-state index >= 15 is 0 Å².